The molecular formula is C19H21N5O4. The Morgan fingerprint density at radius 3 is 2.32 bits per heavy atom. The SMILES string of the molecule is C=NC(/C=c1\[nH]c(=O)/c(=C/c2ccccc2[N+](=O)[O-])[nH]c1=O)=C(\N)C(C)(C)C. The van der Waals surface area contributed by atoms with E-state index in [9.17, 15) is 19.7 Å². The van der Waals surface area contributed by atoms with E-state index in [0.29, 0.717) is 5.70 Å². The van der Waals surface area contributed by atoms with Crippen LogP contribution in [0.3, 0.4) is 0 Å². The van der Waals surface area contributed by atoms with E-state index in [1.807, 2.05) is 20.8 Å². The minimum atomic E-state index is -0.623. The van der Waals surface area contributed by atoms with Crippen molar-refractivity contribution in [3.05, 3.63) is 82.7 Å². The lowest BCUT2D eigenvalue weighted by Crippen LogP contribution is -2.46. The zero-order chi connectivity index (χ0) is 21.1. The highest BCUT2D eigenvalue weighted by Crippen LogP contribution is 2.24. The Labute approximate surface area is 159 Å². The van der Waals surface area contributed by atoms with E-state index in [1.54, 1.807) is 6.07 Å². The third-order valence-corrected chi connectivity index (χ3v) is 3.95. The average Bonchev–Trinajstić information content (AvgIpc) is 2.62. The number of nitrogens with zero attached hydrogens (tertiary/aromatic N) is 2. The summed E-state index contributed by atoms with van der Waals surface area (Å²) in [5.74, 6) is 0. The number of rotatable bonds is 4. The fourth-order valence-corrected chi connectivity index (χ4v) is 2.36. The molecule has 4 N–H and O–H groups in total. The first kappa shape index (κ1) is 20.6. The Morgan fingerprint density at radius 1 is 1.18 bits per heavy atom. The summed E-state index contributed by atoms with van der Waals surface area (Å²) in [5.41, 5.74) is 5.09. The number of aliphatic imine (C=N–C) groups is 1. The van der Waals surface area contributed by atoms with Crippen LogP contribution in [-0.2, 0) is 0 Å². The highest BCUT2D eigenvalue weighted by molar-refractivity contribution is 5.59. The van der Waals surface area contributed by atoms with Gasteiger partial charge in [0, 0.05) is 17.2 Å². The first-order valence-corrected chi connectivity index (χ1v) is 8.31. The van der Waals surface area contributed by atoms with Gasteiger partial charge in [0.2, 0.25) is 0 Å². The summed E-state index contributed by atoms with van der Waals surface area (Å²) in [7, 11) is 0. The molecule has 0 radical (unpaired) electrons. The van der Waals surface area contributed by atoms with Gasteiger partial charge in [0.1, 0.15) is 10.7 Å². The first-order chi connectivity index (χ1) is 13.0. The molecule has 146 valence electrons. The molecule has 1 heterocycles. The molecule has 2 rings (SSSR count). The second-order valence-electron chi connectivity index (χ2n) is 7.05. The van der Waals surface area contributed by atoms with E-state index in [-0.39, 0.29) is 27.6 Å². The lowest BCUT2D eigenvalue weighted by atomic mass is 9.91. The lowest BCUT2D eigenvalue weighted by molar-refractivity contribution is -0.385. The summed E-state index contributed by atoms with van der Waals surface area (Å²) >= 11 is 0. The number of hydrogen-bond donors (Lipinski definition) is 3. The van der Waals surface area contributed by atoms with Gasteiger partial charge in [-0.15, -0.1) is 0 Å². The van der Waals surface area contributed by atoms with E-state index < -0.39 is 21.5 Å². The van der Waals surface area contributed by atoms with Gasteiger partial charge in [0.05, 0.1) is 16.2 Å². The van der Waals surface area contributed by atoms with E-state index in [0.717, 1.165) is 0 Å². The van der Waals surface area contributed by atoms with Crippen LogP contribution in [0, 0.1) is 15.5 Å². The number of nitro groups is 1. The van der Waals surface area contributed by atoms with Gasteiger partial charge in [-0.2, -0.15) is 0 Å². The minimum absolute atomic E-state index is 0.0562. The van der Waals surface area contributed by atoms with E-state index >= 15 is 0 Å². The largest absolute Gasteiger partial charge is 0.400 e. The van der Waals surface area contributed by atoms with Gasteiger partial charge in [0.25, 0.3) is 16.8 Å². The Bertz CT molecular complexity index is 1200. The zero-order valence-corrected chi connectivity index (χ0v) is 15.8. The molecule has 0 aliphatic carbocycles. The summed E-state index contributed by atoms with van der Waals surface area (Å²) in [6, 6.07) is 5.89. The Kier molecular flexibility index (Phi) is 5.78. The molecule has 9 nitrogen and oxygen atoms in total. The van der Waals surface area contributed by atoms with Crippen molar-refractivity contribution in [2.24, 2.45) is 16.1 Å². The molecule has 28 heavy (non-hydrogen) atoms. The van der Waals surface area contributed by atoms with Crippen LogP contribution in [0.15, 0.2) is 50.2 Å². The van der Waals surface area contributed by atoms with Gasteiger partial charge in [-0.25, -0.2) is 0 Å². The number of benzene rings is 1. The zero-order valence-electron chi connectivity index (χ0n) is 15.8. The second-order valence-corrected chi connectivity index (χ2v) is 7.05. The van der Waals surface area contributed by atoms with Crippen LogP contribution in [0.4, 0.5) is 5.69 Å². The van der Waals surface area contributed by atoms with Crippen LogP contribution in [0.1, 0.15) is 26.3 Å². The number of aromatic amines is 2. The molecule has 0 aliphatic heterocycles. The predicted octanol–water partition coefficient (Wildman–Crippen LogP) is 0.498. The number of nitro benzene ring substituents is 1. The van der Waals surface area contributed by atoms with Crippen LogP contribution >= 0.6 is 0 Å². The highest BCUT2D eigenvalue weighted by atomic mass is 16.6. The minimum Gasteiger partial charge on any atom is -0.400 e. The molecule has 0 atom stereocenters. The van der Waals surface area contributed by atoms with Crippen molar-refractivity contribution < 1.29 is 4.92 Å². The summed E-state index contributed by atoms with van der Waals surface area (Å²) < 4.78 is 0. The van der Waals surface area contributed by atoms with Crippen molar-refractivity contribution in [3.63, 3.8) is 0 Å². The number of para-hydroxylation sites is 1. The number of nitrogens with two attached hydrogens (primary N) is 1. The fourth-order valence-electron chi connectivity index (χ4n) is 2.36. The number of H-pyrrole nitrogens is 2. The molecule has 0 spiro atoms. The van der Waals surface area contributed by atoms with Gasteiger partial charge < -0.3 is 15.7 Å². The summed E-state index contributed by atoms with van der Waals surface area (Å²) in [4.78, 5) is 44.0. The van der Waals surface area contributed by atoms with Crippen molar-refractivity contribution in [2.75, 3.05) is 0 Å². The van der Waals surface area contributed by atoms with Crippen LogP contribution in [-0.4, -0.2) is 21.6 Å². The number of aromatic nitrogens is 2. The smallest absolute Gasteiger partial charge is 0.276 e. The maximum atomic E-state index is 12.4. The molecule has 0 saturated carbocycles. The second kappa shape index (κ2) is 7.87. The first-order valence-electron chi connectivity index (χ1n) is 8.31. The Morgan fingerprint density at radius 2 is 1.75 bits per heavy atom. The summed E-state index contributed by atoms with van der Waals surface area (Å²) in [5, 5.41) is 10.9. The number of allylic oxidation sites excluding steroid dienone is 2. The molecule has 0 amide bonds. The molecule has 2 aromatic rings. The maximum absolute atomic E-state index is 12.4. The van der Waals surface area contributed by atoms with Gasteiger partial charge in [0.15, 0.2) is 0 Å². The topological polar surface area (TPSA) is 147 Å². The molecule has 0 fully saturated rings. The van der Waals surface area contributed by atoms with Crippen LogP contribution in [0.25, 0.3) is 12.2 Å². The van der Waals surface area contributed by atoms with E-state index in [1.165, 1.54) is 30.4 Å². The highest BCUT2D eigenvalue weighted by Gasteiger charge is 2.17. The quantitative estimate of drug-likeness (QED) is 0.399. The van der Waals surface area contributed by atoms with Crippen LogP contribution in [0.2, 0.25) is 0 Å². The molecule has 1 aromatic carbocycles. The summed E-state index contributed by atoms with van der Waals surface area (Å²) in [6.45, 7) is 9.07. The van der Waals surface area contributed by atoms with E-state index in [2.05, 4.69) is 21.7 Å². The van der Waals surface area contributed by atoms with E-state index in [4.69, 9.17) is 5.73 Å². The van der Waals surface area contributed by atoms with Crippen molar-refractivity contribution in [1.29, 1.82) is 0 Å². The molecule has 1 aromatic heterocycles. The maximum Gasteiger partial charge on any atom is 0.276 e. The van der Waals surface area contributed by atoms with Crippen molar-refractivity contribution in [3.8, 4) is 0 Å². The molecule has 0 saturated heterocycles. The van der Waals surface area contributed by atoms with Crippen molar-refractivity contribution in [1.82, 2.24) is 9.97 Å². The fraction of sp³-hybridized carbons (Fsp3) is 0.211. The van der Waals surface area contributed by atoms with Gasteiger partial charge in [-0.3, -0.25) is 24.7 Å². The lowest BCUT2D eigenvalue weighted by Gasteiger charge is -2.20. The Hall–Kier alpha value is -3.75. The molecule has 0 unspecified atom stereocenters. The van der Waals surface area contributed by atoms with Crippen molar-refractivity contribution in [2.45, 2.75) is 20.8 Å². The van der Waals surface area contributed by atoms with Gasteiger partial charge in [-0.05, 0) is 24.9 Å². The Balaban J connectivity index is 2.71. The number of nitrogens with one attached hydrogen (secondary N) is 2. The normalized spacial score (nSPS) is 14.0. The van der Waals surface area contributed by atoms with Gasteiger partial charge >= 0.3 is 0 Å². The molecule has 0 bridgehead atoms. The monoisotopic (exact) mass is 383 g/mol. The van der Waals surface area contributed by atoms with Crippen LogP contribution < -0.4 is 27.6 Å². The third-order valence-electron chi connectivity index (χ3n) is 3.95. The summed E-state index contributed by atoms with van der Waals surface area (Å²) in [6.07, 6.45) is 2.58. The average molecular weight is 383 g/mol. The number of hydrogen-bond acceptors (Lipinski definition) is 6. The predicted molar refractivity (Wildman–Crippen MR) is 108 cm³/mol. The standard InChI is InChI=1S/C19H21N5O4/c1-19(2,3)16(20)12(21-4)10-14-18(26)22-13(17(25)23-14)9-11-7-5-6-8-15(11)24(27)28/h5-10H,4,20H2,1-3H3,(H,22,26)(H,23,25)/b13-9-,14-10-,16-12-. The van der Waals surface area contributed by atoms with Crippen LogP contribution in [0.5, 0.6) is 0 Å². The van der Waals surface area contributed by atoms with Crippen molar-refractivity contribution >= 4 is 24.6 Å². The van der Waals surface area contributed by atoms with Gasteiger partial charge in [-0.1, -0.05) is 32.9 Å². The third kappa shape index (κ3) is 4.50. The molecular weight excluding hydrogens is 362 g/mol. The molecule has 9 heteroatoms. The molecule has 0 aliphatic rings.